The standard InChI is InChI=1S/C41H40N4O3/c1-7-46-40-27(5)20-28(6)41(47-8-2)39(40)30-24-43-44(25-30)31-12-11-13-32(22-31)48-33-16-17-35-34-14-9-10-15-36(34)45(37(35)23-33)38-21-29(26(3)4)18-19-42-38/h9-26H,7-8H2,1-6H3. The number of rotatable bonds is 10. The number of fused-ring (bicyclic) bond motifs is 3. The number of ether oxygens (including phenoxy) is 3. The van der Waals surface area contributed by atoms with Crippen molar-refractivity contribution in [1.82, 2.24) is 19.3 Å². The number of benzene rings is 4. The van der Waals surface area contributed by atoms with Crippen molar-refractivity contribution < 1.29 is 14.2 Å². The van der Waals surface area contributed by atoms with Gasteiger partial charge in [0.15, 0.2) is 0 Å². The molecule has 48 heavy (non-hydrogen) atoms. The van der Waals surface area contributed by atoms with Gasteiger partial charge in [0.2, 0.25) is 0 Å². The molecule has 0 N–H and O–H groups in total. The molecule has 0 aliphatic rings. The maximum Gasteiger partial charge on any atom is 0.137 e. The summed E-state index contributed by atoms with van der Waals surface area (Å²) < 4.78 is 22.8. The summed E-state index contributed by atoms with van der Waals surface area (Å²) in [6, 6.07) is 29.1. The van der Waals surface area contributed by atoms with Crippen LogP contribution in [0.3, 0.4) is 0 Å². The number of aryl methyl sites for hydroxylation is 2. The molecule has 0 spiro atoms. The minimum absolute atomic E-state index is 0.399. The van der Waals surface area contributed by atoms with Gasteiger partial charge in [-0.3, -0.25) is 4.57 Å². The van der Waals surface area contributed by atoms with Crippen LogP contribution in [0.15, 0.2) is 104 Å². The highest BCUT2D eigenvalue weighted by atomic mass is 16.5. The maximum atomic E-state index is 6.51. The highest BCUT2D eigenvalue weighted by Crippen LogP contribution is 2.43. The molecule has 0 fully saturated rings. The molecule has 0 saturated carbocycles. The zero-order chi connectivity index (χ0) is 33.4. The first-order chi connectivity index (χ1) is 23.4. The molecular formula is C41H40N4O3. The van der Waals surface area contributed by atoms with Crippen LogP contribution in [-0.4, -0.2) is 32.5 Å². The normalized spacial score (nSPS) is 11.5. The minimum Gasteiger partial charge on any atom is -0.493 e. The van der Waals surface area contributed by atoms with Crippen molar-refractivity contribution in [2.45, 2.75) is 47.5 Å². The Morgan fingerprint density at radius 1 is 0.729 bits per heavy atom. The summed E-state index contributed by atoms with van der Waals surface area (Å²) in [7, 11) is 0. The highest BCUT2D eigenvalue weighted by molar-refractivity contribution is 6.09. The van der Waals surface area contributed by atoms with Gasteiger partial charge >= 0.3 is 0 Å². The zero-order valence-electron chi connectivity index (χ0n) is 28.3. The van der Waals surface area contributed by atoms with Crippen molar-refractivity contribution in [2.24, 2.45) is 0 Å². The average molecular weight is 637 g/mol. The summed E-state index contributed by atoms with van der Waals surface area (Å²) >= 11 is 0. The van der Waals surface area contributed by atoms with Crippen molar-refractivity contribution in [2.75, 3.05) is 13.2 Å². The SMILES string of the molecule is CCOc1c(C)cc(C)c(OCC)c1-c1cnn(-c2cccc(Oc3ccc4c5ccccc5n(-c5cc(C(C)C)ccn5)c4c3)c2)c1. The second kappa shape index (κ2) is 12.9. The van der Waals surface area contributed by atoms with Gasteiger partial charge in [-0.15, -0.1) is 0 Å². The van der Waals surface area contributed by atoms with E-state index < -0.39 is 0 Å². The second-order valence-electron chi connectivity index (χ2n) is 12.3. The van der Waals surface area contributed by atoms with Gasteiger partial charge in [0.1, 0.15) is 28.8 Å². The molecule has 0 aliphatic carbocycles. The number of pyridine rings is 1. The van der Waals surface area contributed by atoms with E-state index in [2.05, 4.69) is 86.9 Å². The number of hydrogen-bond acceptors (Lipinski definition) is 5. The van der Waals surface area contributed by atoms with Crippen molar-refractivity contribution in [3.05, 3.63) is 120 Å². The third-order valence-electron chi connectivity index (χ3n) is 8.68. The van der Waals surface area contributed by atoms with Crippen molar-refractivity contribution >= 4 is 21.8 Å². The summed E-state index contributed by atoms with van der Waals surface area (Å²) in [6.45, 7) is 13.7. The van der Waals surface area contributed by atoms with Gasteiger partial charge in [0, 0.05) is 40.9 Å². The van der Waals surface area contributed by atoms with Gasteiger partial charge in [0.05, 0.1) is 41.7 Å². The van der Waals surface area contributed by atoms with Crippen LogP contribution in [-0.2, 0) is 0 Å². The van der Waals surface area contributed by atoms with E-state index in [-0.39, 0.29) is 0 Å². The van der Waals surface area contributed by atoms with Crippen LogP contribution >= 0.6 is 0 Å². The molecule has 7 rings (SSSR count). The van der Waals surface area contributed by atoms with Crippen LogP contribution in [0.4, 0.5) is 0 Å². The Bertz CT molecular complexity index is 2230. The highest BCUT2D eigenvalue weighted by Gasteiger charge is 2.21. The molecule has 7 nitrogen and oxygen atoms in total. The van der Waals surface area contributed by atoms with E-state index in [0.717, 1.165) is 67.4 Å². The Labute approximate surface area is 281 Å². The van der Waals surface area contributed by atoms with Gasteiger partial charge in [-0.2, -0.15) is 5.10 Å². The monoisotopic (exact) mass is 636 g/mol. The molecule has 0 unspecified atom stereocenters. The molecule has 3 aromatic heterocycles. The van der Waals surface area contributed by atoms with Gasteiger partial charge in [-0.05, 0) is 98.8 Å². The predicted octanol–water partition coefficient (Wildman–Crippen LogP) is 10.4. The first-order valence-electron chi connectivity index (χ1n) is 16.6. The maximum absolute atomic E-state index is 6.51. The molecular weight excluding hydrogens is 596 g/mol. The largest absolute Gasteiger partial charge is 0.493 e. The van der Waals surface area contributed by atoms with E-state index in [9.17, 15) is 0 Å². The lowest BCUT2D eigenvalue weighted by molar-refractivity contribution is 0.323. The van der Waals surface area contributed by atoms with E-state index in [1.807, 2.05) is 67.5 Å². The molecule has 0 saturated heterocycles. The Balaban J connectivity index is 1.25. The van der Waals surface area contributed by atoms with E-state index in [1.54, 1.807) is 0 Å². The van der Waals surface area contributed by atoms with E-state index >= 15 is 0 Å². The van der Waals surface area contributed by atoms with Crippen LogP contribution in [0, 0.1) is 13.8 Å². The fraction of sp³-hybridized carbons (Fsp3) is 0.220. The third-order valence-corrected chi connectivity index (χ3v) is 8.68. The van der Waals surface area contributed by atoms with Gasteiger partial charge in [0.25, 0.3) is 0 Å². The fourth-order valence-corrected chi connectivity index (χ4v) is 6.47. The second-order valence-corrected chi connectivity index (χ2v) is 12.3. The molecule has 7 aromatic rings. The summed E-state index contributed by atoms with van der Waals surface area (Å²) in [4.78, 5) is 4.78. The lowest BCUT2D eigenvalue weighted by Crippen LogP contribution is -2.03. The van der Waals surface area contributed by atoms with Crippen LogP contribution in [0.5, 0.6) is 23.0 Å². The lowest BCUT2D eigenvalue weighted by Gasteiger charge is -2.19. The number of nitrogens with zero attached hydrogens (tertiary/aromatic N) is 4. The molecule has 4 aromatic carbocycles. The number of hydrogen-bond donors (Lipinski definition) is 0. The van der Waals surface area contributed by atoms with Crippen LogP contribution in [0.1, 0.15) is 50.3 Å². The topological polar surface area (TPSA) is 63.3 Å². The Morgan fingerprint density at radius 3 is 2.21 bits per heavy atom. The summed E-state index contributed by atoms with van der Waals surface area (Å²) in [5.41, 5.74) is 8.25. The van der Waals surface area contributed by atoms with Gasteiger partial charge in [-0.25, -0.2) is 9.67 Å². The minimum atomic E-state index is 0.399. The smallest absolute Gasteiger partial charge is 0.137 e. The number of aromatic nitrogens is 4. The van der Waals surface area contributed by atoms with Crippen LogP contribution in [0.2, 0.25) is 0 Å². The van der Waals surface area contributed by atoms with E-state index in [1.165, 1.54) is 10.9 Å². The van der Waals surface area contributed by atoms with Gasteiger partial charge in [-0.1, -0.05) is 38.1 Å². The molecule has 3 heterocycles. The first-order valence-corrected chi connectivity index (χ1v) is 16.6. The summed E-state index contributed by atoms with van der Waals surface area (Å²) in [5.74, 6) is 4.39. The fourth-order valence-electron chi connectivity index (χ4n) is 6.47. The molecule has 0 aliphatic heterocycles. The van der Waals surface area contributed by atoms with E-state index in [0.29, 0.717) is 24.9 Å². The van der Waals surface area contributed by atoms with E-state index in [4.69, 9.17) is 24.3 Å². The average Bonchev–Trinajstić information content (AvgIpc) is 3.70. The quantitative estimate of drug-likeness (QED) is 0.149. The van der Waals surface area contributed by atoms with Crippen molar-refractivity contribution in [3.8, 4) is 45.6 Å². The third kappa shape index (κ3) is 5.66. The number of para-hydroxylation sites is 1. The zero-order valence-corrected chi connectivity index (χ0v) is 28.3. The molecule has 0 atom stereocenters. The summed E-state index contributed by atoms with van der Waals surface area (Å²) in [6.07, 6.45) is 5.77. The van der Waals surface area contributed by atoms with Crippen molar-refractivity contribution in [3.63, 3.8) is 0 Å². The molecule has 0 bridgehead atoms. The molecule has 242 valence electrons. The Morgan fingerprint density at radius 2 is 1.46 bits per heavy atom. The van der Waals surface area contributed by atoms with Gasteiger partial charge < -0.3 is 14.2 Å². The molecule has 7 heteroatoms. The molecule has 0 radical (unpaired) electrons. The lowest BCUT2D eigenvalue weighted by atomic mass is 9.99. The first kappa shape index (κ1) is 31.1. The molecule has 0 amide bonds. The Hall–Kier alpha value is -5.56. The van der Waals surface area contributed by atoms with Crippen LogP contribution in [0.25, 0.3) is 44.4 Å². The summed E-state index contributed by atoms with van der Waals surface area (Å²) in [5, 5.41) is 7.07. The van der Waals surface area contributed by atoms with Crippen molar-refractivity contribution in [1.29, 1.82) is 0 Å². The van der Waals surface area contributed by atoms with Crippen LogP contribution < -0.4 is 14.2 Å². The Kier molecular flexibility index (Phi) is 8.36. The predicted molar refractivity (Wildman–Crippen MR) is 194 cm³/mol.